The summed E-state index contributed by atoms with van der Waals surface area (Å²) < 4.78 is 11.2. The topological polar surface area (TPSA) is 59.6 Å². The van der Waals surface area contributed by atoms with Gasteiger partial charge in [-0.1, -0.05) is 23.2 Å². The molecule has 2 N–H and O–H groups in total. The first kappa shape index (κ1) is 17.9. The summed E-state index contributed by atoms with van der Waals surface area (Å²) in [6.07, 6.45) is 2.28. The van der Waals surface area contributed by atoms with Crippen LogP contribution in [-0.4, -0.2) is 25.2 Å². The summed E-state index contributed by atoms with van der Waals surface area (Å²) in [6, 6.07) is 11.9. The molecular formula is C18H18Cl2N2O3. The Hall–Kier alpha value is -1.95. The minimum absolute atomic E-state index is 0.165. The lowest BCUT2D eigenvalue weighted by Gasteiger charge is -2.12. The van der Waals surface area contributed by atoms with E-state index in [0.717, 1.165) is 19.4 Å². The van der Waals surface area contributed by atoms with Crippen LogP contribution < -0.4 is 15.6 Å². The number of hydrogen-bond acceptors (Lipinski definition) is 4. The fraction of sp³-hybridized carbons (Fsp3) is 0.278. The first-order valence-electron chi connectivity index (χ1n) is 7.98. The van der Waals surface area contributed by atoms with E-state index in [1.807, 2.05) is 0 Å². The van der Waals surface area contributed by atoms with E-state index >= 15 is 0 Å². The van der Waals surface area contributed by atoms with Crippen molar-refractivity contribution in [1.82, 2.24) is 5.43 Å². The molecule has 2 aromatic carbocycles. The Bertz CT molecular complexity index is 732. The number of hydrazine groups is 1. The lowest BCUT2D eigenvalue weighted by atomic mass is 10.2. The van der Waals surface area contributed by atoms with E-state index in [4.69, 9.17) is 32.7 Å². The van der Waals surface area contributed by atoms with E-state index in [9.17, 15) is 4.79 Å². The number of benzene rings is 2. The van der Waals surface area contributed by atoms with Crippen LogP contribution in [0.15, 0.2) is 42.5 Å². The molecule has 1 aliphatic heterocycles. The van der Waals surface area contributed by atoms with Gasteiger partial charge < -0.3 is 9.47 Å². The number of anilines is 1. The van der Waals surface area contributed by atoms with E-state index < -0.39 is 0 Å². The predicted molar refractivity (Wildman–Crippen MR) is 98.5 cm³/mol. The van der Waals surface area contributed by atoms with Crippen molar-refractivity contribution in [1.29, 1.82) is 0 Å². The van der Waals surface area contributed by atoms with Gasteiger partial charge in [0.1, 0.15) is 12.4 Å². The maximum atomic E-state index is 12.2. The van der Waals surface area contributed by atoms with Crippen LogP contribution in [0.1, 0.15) is 23.2 Å². The second-order valence-corrected chi connectivity index (χ2v) is 6.49. The van der Waals surface area contributed by atoms with Gasteiger partial charge in [0.05, 0.1) is 21.8 Å². The van der Waals surface area contributed by atoms with E-state index in [1.165, 1.54) is 0 Å². The van der Waals surface area contributed by atoms with Gasteiger partial charge in [-0.3, -0.25) is 15.6 Å². The van der Waals surface area contributed by atoms with Crippen LogP contribution in [0, 0.1) is 0 Å². The van der Waals surface area contributed by atoms with Gasteiger partial charge in [-0.15, -0.1) is 0 Å². The molecule has 0 radical (unpaired) electrons. The van der Waals surface area contributed by atoms with Crippen LogP contribution in [0.2, 0.25) is 10.0 Å². The van der Waals surface area contributed by atoms with Crippen molar-refractivity contribution in [2.24, 2.45) is 0 Å². The normalized spacial score (nSPS) is 16.5. The zero-order chi connectivity index (χ0) is 17.6. The smallest absolute Gasteiger partial charge is 0.269 e. The molecule has 0 spiro atoms. The van der Waals surface area contributed by atoms with Crippen molar-refractivity contribution < 1.29 is 14.3 Å². The monoisotopic (exact) mass is 380 g/mol. The van der Waals surface area contributed by atoms with Gasteiger partial charge in [-0.2, -0.15) is 0 Å². The summed E-state index contributed by atoms with van der Waals surface area (Å²) in [7, 11) is 0. The molecule has 0 saturated carbocycles. The highest BCUT2D eigenvalue weighted by atomic mass is 35.5. The molecule has 1 saturated heterocycles. The molecule has 1 atom stereocenters. The fourth-order valence-corrected chi connectivity index (χ4v) is 2.74. The molecule has 3 rings (SSSR count). The van der Waals surface area contributed by atoms with Crippen LogP contribution in [0.25, 0.3) is 0 Å². The zero-order valence-electron chi connectivity index (χ0n) is 13.4. The molecule has 0 bridgehead atoms. The van der Waals surface area contributed by atoms with Crippen molar-refractivity contribution in [2.45, 2.75) is 18.9 Å². The number of nitrogens with one attached hydrogen (secondary N) is 2. The lowest BCUT2D eigenvalue weighted by molar-refractivity contribution is 0.0679. The Labute approximate surface area is 156 Å². The van der Waals surface area contributed by atoms with E-state index in [1.54, 1.807) is 42.5 Å². The average Bonchev–Trinajstić information content (AvgIpc) is 3.15. The van der Waals surface area contributed by atoms with Crippen molar-refractivity contribution >= 4 is 34.8 Å². The first-order chi connectivity index (χ1) is 12.1. The third-order valence-corrected chi connectivity index (χ3v) is 4.56. The molecule has 1 aliphatic rings. The van der Waals surface area contributed by atoms with E-state index in [-0.39, 0.29) is 12.0 Å². The highest BCUT2D eigenvalue weighted by molar-refractivity contribution is 6.42. The molecule has 0 aromatic heterocycles. The number of carbonyl (C=O) groups is 1. The SMILES string of the molecule is O=C(NNc1ccc(Cl)c(Cl)c1)c1ccc(OC[C@H]2CCCO2)cc1. The molecule has 1 fully saturated rings. The van der Waals surface area contributed by atoms with E-state index in [0.29, 0.717) is 33.7 Å². The Morgan fingerprint density at radius 3 is 2.64 bits per heavy atom. The number of halogens is 2. The fourth-order valence-electron chi connectivity index (χ4n) is 2.44. The Kier molecular flexibility index (Phi) is 6.02. The molecule has 0 aliphatic carbocycles. The van der Waals surface area contributed by atoms with E-state index in [2.05, 4.69) is 10.9 Å². The summed E-state index contributed by atoms with van der Waals surface area (Å²) in [4.78, 5) is 12.2. The van der Waals surface area contributed by atoms with Crippen LogP contribution >= 0.6 is 23.2 Å². The number of rotatable bonds is 6. The molecule has 7 heteroatoms. The molecule has 1 amide bonds. The van der Waals surface area contributed by atoms with Gasteiger partial charge in [-0.25, -0.2) is 0 Å². The van der Waals surface area contributed by atoms with Gasteiger partial charge in [0.2, 0.25) is 0 Å². The molecule has 5 nitrogen and oxygen atoms in total. The van der Waals surface area contributed by atoms with Gasteiger partial charge >= 0.3 is 0 Å². The zero-order valence-corrected chi connectivity index (χ0v) is 14.9. The quantitative estimate of drug-likeness (QED) is 0.733. The van der Waals surface area contributed by atoms with Crippen molar-refractivity contribution in [2.75, 3.05) is 18.6 Å². The highest BCUT2D eigenvalue weighted by Gasteiger charge is 2.16. The number of hydrogen-bond donors (Lipinski definition) is 2. The van der Waals surface area contributed by atoms with Crippen molar-refractivity contribution in [3.05, 3.63) is 58.1 Å². The summed E-state index contributed by atoms with van der Waals surface area (Å²) >= 11 is 11.8. The summed E-state index contributed by atoms with van der Waals surface area (Å²) in [5.74, 6) is 0.446. The Balaban J connectivity index is 1.50. The first-order valence-corrected chi connectivity index (χ1v) is 8.73. The van der Waals surface area contributed by atoms with Crippen molar-refractivity contribution in [3.63, 3.8) is 0 Å². The minimum atomic E-state index is -0.267. The highest BCUT2D eigenvalue weighted by Crippen LogP contribution is 2.24. The van der Waals surface area contributed by atoms with Crippen LogP contribution in [0.3, 0.4) is 0 Å². The Morgan fingerprint density at radius 1 is 1.16 bits per heavy atom. The lowest BCUT2D eigenvalue weighted by Crippen LogP contribution is -2.29. The second kappa shape index (κ2) is 8.43. The van der Waals surface area contributed by atoms with Gasteiger partial charge in [0.15, 0.2) is 0 Å². The predicted octanol–water partition coefficient (Wildman–Crippen LogP) is 4.31. The average molecular weight is 381 g/mol. The number of carbonyl (C=O) groups excluding carboxylic acids is 1. The molecule has 132 valence electrons. The summed E-state index contributed by atoms with van der Waals surface area (Å²) in [5, 5.41) is 0.866. The maximum absolute atomic E-state index is 12.2. The number of ether oxygens (including phenoxy) is 2. The largest absolute Gasteiger partial charge is 0.491 e. The van der Waals surface area contributed by atoms with Gasteiger partial charge in [-0.05, 0) is 55.3 Å². The molecule has 1 heterocycles. The Morgan fingerprint density at radius 2 is 1.96 bits per heavy atom. The molecule has 0 unspecified atom stereocenters. The third kappa shape index (κ3) is 5.01. The molecule has 2 aromatic rings. The van der Waals surface area contributed by atoms with Crippen LogP contribution in [-0.2, 0) is 4.74 Å². The van der Waals surface area contributed by atoms with Crippen LogP contribution in [0.5, 0.6) is 5.75 Å². The summed E-state index contributed by atoms with van der Waals surface area (Å²) in [6.45, 7) is 1.34. The van der Waals surface area contributed by atoms with Gasteiger partial charge in [0.25, 0.3) is 5.91 Å². The van der Waals surface area contributed by atoms with Crippen molar-refractivity contribution in [3.8, 4) is 5.75 Å². The second-order valence-electron chi connectivity index (χ2n) is 5.68. The molecule has 25 heavy (non-hydrogen) atoms. The van der Waals surface area contributed by atoms with Crippen LogP contribution in [0.4, 0.5) is 5.69 Å². The summed E-state index contributed by atoms with van der Waals surface area (Å²) in [5.41, 5.74) is 6.55. The molecular weight excluding hydrogens is 363 g/mol. The standard InChI is InChI=1S/C18H18Cl2N2O3/c19-16-8-5-13(10-17(16)20)21-22-18(23)12-3-6-14(7-4-12)25-11-15-2-1-9-24-15/h3-8,10,15,21H,1-2,9,11H2,(H,22,23)/t15-/m1/s1. The van der Waals surface area contributed by atoms with Gasteiger partial charge in [0, 0.05) is 12.2 Å². The third-order valence-electron chi connectivity index (χ3n) is 3.82. The number of amides is 1. The maximum Gasteiger partial charge on any atom is 0.269 e. The minimum Gasteiger partial charge on any atom is -0.491 e.